The molecule has 1 aromatic heterocycles. The quantitative estimate of drug-likeness (QED) is 0.751. The van der Waals surface area contributed by atoms with E-state index in [2.05, 4.69) is 15.7 Å². The molecule has 0 saturated heterocycles. The summed E-state index contributed by atoms with van der Waals surface area (Å²) >= 11 is 0. The lowest BCUT2D eigenvalue weighted by Crippen LogP contribution is -2.64. The lowest BCUT2D eigenvalue weighted by molar-refractivity contribution is -0.133. The molecule has 2 N–H and O–H groups in total. The van der Waals surface area contributed by atoms with Crippen LogP contribution < -0.4 is 10.6 Å². The van der Waals surface area contributed by atoms with Crippen LogP contribution in [-0.4, -0.2) is 50.5 Å². The van der Waals surface area contributed by atoms with Crippen LogP contribution in [0.2, 0.25) is 0 Å². The van der Waals surface area contributed by atoms with Crippen molar-refractivity contribution in [3.05, 3.63) is 46.8 Å². The number of anilines is 1. The molecule has 170 valence electrons. The number of aromatic nitrogens is 2. The number of aryl methyl sites for hydroxylation is 2. The summed E-state index contributed by atoms with van der Waals surface area (Å²) < 4.78 is 1.50. The van der Waals surface area contributed by atoms with Crippen LogP contribution in [0.1, 0.15) is 71.6 Å². The smallest absolute Gasteiger partial charge is 0.276 e. The molecule has 0 radical (unpaired) electrons. The summed E-state index contributed by atoms with van der Waals surface area (Å²) in [6.45, 7) is 8.16. The van der Waals surface area contributed by atoms with E-state index in [1.165, 1.54) is 10.7 Å². The molecule has 0 spiro atoms. The minimum absolute atomic E-state index is 0.156. The number of carbonyl (C=O) groups is 3. The second kappa shape index (κ2) is 8.41. The third-order valence-corrected chi connectivity index (χ3v) is 6.51. The van der Waals surface area contributed by atoms with Gasteiger partial charge in [0, 0.05) is 24.3 Å². The number of nitrogens with zero attached hydrogens (tertiary/aromatic N) is 3. The molecule has 1 aliphatic carbocycles. The van der Waals surface area contributed by atoms with Crippen LogP contribution in [-0.2, 0) is 11.3 Å². The van der Waals surface area contributed by atoms with E-state index in [9.17, 15) is 14.4 Å². The van der Waals surface area contributed by atoms with Crippen LogP contribution >= 0.6 is 0 Å². The van der Waals surface area contributed by atoms with E-state index in [0.717, 1.165) is 36.8 Å². The number of amides is 3. The number of rotatable bonds is 5. The average molecular weight is 438 g/mol. The molecule has 1 aliphatic heterocycles. The summed E-state index contributed by atoms with van der Waals surface area (Å²) in [5, 5.41) is 10.4. The number of carbonyl (C=O) groups excluding carboxylic acids is 3. The fourth-order valence-electron chi connectivity index (χ4n) is 4.90. The van der Waals surface area contributed by atoms with Crippen molar-refractivity contribution in [2.45, 2.75) is 71.5 Å². The van der Waals surface area contributed by atoms with Crippen LogP contribution in [0.4, 0.5) is 5.69 Å². The molecule has 2 heterocycles. The van der Waals surface area contributed by atoms with Crippen molar-refractivity contribution in [3.8, 4) is 0 Å². The number of fused-ring (bicyclic) bond motifs is 1. The zero-order valence-corrected chi connectivity index (χ0v) is 19.2. The van der Waals surface area contributed by atoms with Crippen LogP contribution in [0.3, 0.4) is 0 Å². The Morgan fingerprint density at radius 3 is 2.41 bits per heavy atom. The lowest BCUT2D eigenvalue weighted by Gasteiger charge is -2.43. The molecule has 0 bridgehead atoms. The lowest BCUT2D eigenvalue weighted by atomic mass is 9.94. The molecule has 1 fully saturated rings. The fraction of sp³-hybridized carbons (Fsp3) is 0.500. The number of hydrogen-bond acceptors (Lipinski definition) is 4. The van der Waals surface area contributed by atoms with Gasteiger partial charge in [0.25, 0.3) is 11.8 Å². The van der Waals surface area contributed by atoms with Gasteiger partial charge in [0.05, 0.1) is 6.54 Å². The van der Waals surface area contributed by atoms with Crippen molar-refractivity contribution < 1.29 is 14.4 Å². The minimum atomic E-state index is -1.06. The third-order valence-electron chi connectivity index (χ3n) is 6.51. The molecular formula is C24H31N5O3. The largest absolute Gasteiger partial charge is 0.351 e. The number of nitrogens with one attached hydrogen (secondary N) is 2. The standard InChI is InChI=1S/C24H31N5O3/c1-5-28-22(31)20-13-19(21(30)25-18-11-15(2)10-16(3)12-18)27-29(20)14-24(28,4)23(32)26-17-8-6-7-9-17/h10-13,17H,5-9,14H2,1-4H3,(H,25,30)(H,26,32)/t24-/m0/s1. The molecule has 32 heavy (non-hydrogen) atoms. The van der Waals surface area contributed by atoms with Gasteiger partial charge < -0.3 is 15.5 Å². The van der Waals surface area contributed by atoms with E-state index in [4.69, 9.17) is 0 Å². The van der Waals surface area contributed by atoms with Crippen molar-refractivity contribution >= 4 is 23.4 Å². The minimum Gasteiger partial charge on any atom is -0.351 e. The van der Waals surface area contributed by atoms with Crippen LogP contribution in [0, 0.1) is 13.8 Å². The number of likely N-dealkylation sites (N-methyl/N-ethyl adjacent to an activating group) is 1. The van der Waals surface area contributed by atoms with Gasteiger partial charge >= 0.3 is 0 Å². The van der Waals surface area contributed by atoms with E-state index < -0.39 is 5.54 Å². The third kappa shape index (κ3) is 4.01. The highest BCUT2D eigenvalue weighted by Crippen LogP contribution is 2.29. The molecule has 1 aromatic carbocycles. The normalized spacial score (nSPS) is 20.9. The summed E-state index contributed by atoms with van der Waals surface area (Å²) in [6, 6.07) is 7.47. The Morgan fingerprint density at radius 1 is 1.12 bits per heavy atom. The molecule has 2 aromatic rings. The van der Waals surface area contributed by atoms with Gasteiger partial charge in [-0.3, -0.25) is 19.1 Å². The fourth-order valence-corrected chi connectivity index (χ4v) is 4.90. The van der Waals surface area contributed by atoms with E-state index in [-0.39, 0.29) is 36.0 Å². The molecule has 1 saturated carbocycles. The molecule has 1 atom stereocenters. The van der Waals surface area contributed by atoms with Gasteiger partial charge in [-0.05, 0) is 63.8 Å². The predicted molar refractivity (Wildman–Crippen MR) is 122 cm³/mol. The zero-order chi connectivity index (χ0) is 23.0. The molecule has 2 aliphatic rings. The van der Waals surface area contributed by atoms with Gasteiger partial charge in [-0.1, -0.05) is 18.9 Å². The van der Waals surface area contributed by atoms with Gasteiger partial charge in [-0.15, -0.1) is 0 Å². The summed E-state index contributed by atoms with van der Waals surface area (Å²) in [6.07, 6.45) is 4.16. The van der Waals surface area contributed by atoms with Gasteiger partial charge in [-0.25, -0.2) is 0 Å². The van der Waals surface area contributed by atoms with Crippen molar-refractivity contribution in [3.63, 3.8) is 0 Å². The van der Waals surface area contributed by atoms with Crippen LogP contribution in [0.5, 0.6) is 0 Å². The summed E-state index contributed by atoms with van der Waals surface area (Å²) in [5.41, 5.74) is 2.19. The molecule has 0 unspecified atom stereocenters. The van der Waals surface area contributed by atoms with E-state index in [0.29, 0.717) is 17.9 Å². The monoisotopic (exact) mass is 437 g/mol. The predicted octanol–water partition coefficient (Wildman–Crippen LogP) is 3.05. The summed E-state index contributed by atoms with van der Waals surface area (Å²) in [7, 11) is 0. The molecule has 4 rings (SSSR count). The SMILES string of the molecule is CCN1C(=O)c2cc(C(=O)Nc3cc(C)cc(C)c3)nn2C[C@@]1(C)C(=O)NC1CCCC1. The maximum Gasteiger partial charge on any atom is 0.276 e. The highest BCUT2D eigenvalue weighted by atomic mass is 16.2. The first-order valence-electron chi connectivity index (χ1n) is 11.3. The second-order valence-corrected chi connectivity index (χ2v) is 9.18. The Hall–Kier alpha value is -3.16. The summed E-state index contributed by atoms with van der Waals surface area (Å²) in [4.78, 5) is 40.9. The number of benzene rings is 1. The second-order valence-electron chi connectivity index (χ2n) is 9.18. The Labute approximate surface area is 188 Å². The average Bonchev–Trinajstić information content (AvgIpc) is 3.37. The number of hydrogen-bond donors (Lipinski definition) is 2. The Morgan fingerprint density at radius 2 is 1.78 bits per heavy atom. The van der Waals surface area contributed by atoms with Crippen molar-refractivity contribution in [1.29, 1.82) is 0 Å². The first kappa shape index (κ1) is 22.0. The Bertz CT molecular complexity index is 1050. The van der Waals surface area contributed by atoms with Crippen molar-refractivity contribution in [1.82, 2.24) is 20.0 Å². The van der Waals surface area contributed by atoms with Crippen LogP contribution in [0.15, 0.2) is 24.3 Å². The molecule has 3 amide bonds. The van der Waals surface area contributed by atoms with E-state index in [1.54, 1.807) is 11.8 Å². The van der Waals surface area contributed by atoms with Crippen LogP contribution in [0.25, 0.3) is 0 Å². The van der Waals surface area contributed by atoms with Gasteiger partial charge in [0.1, 0.15) is 11.2 Å². The zero-order valence-electron chi connectivity index (χ0n) is 19.2. The Balaban J connectivity index is 1.58. The Kier molecular flexibility index (Phi) is 5.79. The van der Waals surface area contributed by atoms with E-state index >= 15 is 0 Å². The molecule has 8 nitrogen and oxygen atoms in total. The first-order chi connectivity index (χ1) is 15.2. The van der Waals surface area contributed by atoms with Gasteiger partial charge in [0.2, 0.25) is 5.91 Å². The van der Waals surface area contributed by atoms with Crippen molar-refractivity contribution in [2.75, 3.05) is 11.9 Å². The first-order valence-corrected chi connectivity index (χ1v) is 11.3. The highest BCUT2D eigenvalue weighted by molar-refractivity contribution is 6.06. The molecular weight excluding hydrogens is 406 g/mol. The highest BCUT2D eigenvalue weighted by Gasteiger charge is 2.48. The topological polar surface area (TPSA) is 96.3 Å². The van der Waals surface area contributed by atoms with E-state index in [1.807, 2.05) is 39.0 Å². The van der Waals surface area contributed by atoms with Crippen molar-refractivity contribution in [2.24, 2.45) is 0 Å². The summed E-state index contributed by atoms with van der Waals surface area (Å²) in [5.74, 6) is -0.840. The van der Waals surface area contributed by atoms with Gasteiger partial charge in [-0.2, -0.15) is 5.10 Å². The maximum absolute atomic E-state index is 13.2. The van der Waals surface area contributed by atoms with Gasteiger partial charge in [0.15, 0.2) is 5.69 Å². The maximum atomic E-state index is 13.2. The molecule has 8 heteroatoms.